The molecule has 2 N–H and O–H groups in total. The number of hydrogen-bond acceptors (Lipinski definition) is 8. The number of ketones is 1. The number of rotatable bonds is 8. The smallest absolute Gasteiger partial charge is 0.329 e. The van der Waals surface area contributed by atoms with E-state index in [9.17, 15) is 24.6 Å². The molecule has 2 aliphatic carbocycles. The van der Waals surface area contributed by atoms with E-state index in [4.69, 9.17) is 14.2 Å². The summed E-state index contributed by atoms with van der Waals surface area (Å²) in [4.78, 5) is 41.4. The minimum absolute atomic E-state index is 0.0808. The molecule has 3 rings (SSSR count). The summed E-state index contributed by atoms with van der Waals surface area (Å²) >= 11 is 0. The summed E-state index contributed by atoms with van der Waals surface area (Å²) < 4.78 is 16.7. The van der Waals surface area contributed by atoms with E-state index in [1.165, 1.54) is 4.90 Å². The number of aliphatic hydroxyl groups excluding tert-OH is 1. The van der Waals surface area contributed by atoms with Gasteiger partial charge in [-0.25, -0.2) is 4.79 Å². The predicted molar refractivity (Wildman–Crippen MR) is 141 cm³/mol. The van der Waals surface area contributed by atoms with Crippen LogP contribution in [0.4, 0.5) is 0 Å². The van der Waals surface area contributed by atoms with Gasteiger partial charge in [-0.05, 0) is 88.5 Å². The number of Topliss-reactive ketones (excluding diaryl/α,β-unsaturated/α-hetero) is 1. The Hall–Kier alpha value is -1.81. The molecule has 1 unspecified atom stereocenters. The van der Waals surface area contributed by atoms with E-state index in [-0.39, 0.29) is 37.0 Å². The van der Waals surface area contributed by atoms with Gasteiger partial charge in [-0.1, -0.05) is 19.9 Å². The Morgan fingerprint density at radius 1 is 1.03 bits per heavy atom. The number of esters is 1. The van der Waals surface area contributed by atoms with E-state index in [2.05, 4.69) is 6.08 Å². The van der Waals surface area contributed by atoms with Crippen molar-refractivity contribution in [3.63, 3.8) is 0 Å². The van der Waals surface area contributed by atoms with E-state index in [0.717, 1.165) is 18.4 Å². The van der Waals surface area contributed by atoms with Crippen LogP contribution >= 0.6 is 0 Å². The highest BCUT2D eigenvalue weighted by molar-refractivity contribution is 6.39. The zero-order valence-corrected chi connectivity index (χ0v) is 23.9. The fraction of sp³-hybridized carbons (Fsp3) is 0.828. The van der Waals surface area contributed by atoms with Gasteiger partial charge in [0.15, 0.2) is 0 Å². The first-order chi connectivity index (χ1) is 17.9. The molecule has 9 nitrogen and oxygen atoms in total. The topological polar surface area (TPSA) is 123 Å². The second-order valence-corrected chi connectivity index (χ2v) is 11.8. The van der Waals surface area contributed by atoms with Crippen molar-refractivity contribution in [1.82, 2.24) is 4.90 Å². The molecule has 0 bridgehead atoms. The van der Waals surface area contributed by atoms with Gasteiger partial charge in [0.1, 0.15) is 17.7 Å². The Bertz CT molecular complexity index is 890. The van der Waals surface area contributed by atoms with Gasteiger partial charge in [-0.15, -0.1) is 0 Å². The van der Waals surface area contributed by atoms with Gasteiger partial charge in [0.25, 0.3) is 11.7 Å². The lowest BCUT2D eigenvalue weighted by Crippen LogP contribution is -2.60. The van der Waals surface area contributed by atoms with Gasteiger partial charge in [0, 0.05) is 20.8 Å². The average molecular weight is 538 g/mol. The Labute approximate surface area is 226 Å². The van der Waals surface area contributed by atoms with Crippen molar-refractivity contribution in [2.24, 2.45) is 17.8 Å². The van der Waals surface area contributed by atoms with Crippen LogP contribution in [0.5, 0.6) is 0 Å². The summed E-state index contributed by atoms with van der Waals surface area (Å²) in [7, 11) is 3.21. The van der Waals surface area contributed by atoms with E-state index in [0.29, 0.717) is 32.1 Å². The summed E-state index contributed by atoms with van der Waals surface area (Å²) in [6, 6.07) is -0.857. The van der Waals surface area contributed by atoms with Gasteiger partial charge in [-0.3, -0.25) is 9.59 Å². The van der Waals surface area contributed by atoms with Gasteiger partial charge in [0.2, 0.25) is 0 Å². The Kier molecular flexibility index (Phi) is 10.5. The monoisotopic (exact) mass is 537 g/mol. The minimum Gasteiger partial charge on any atom is -0.457 e. The number of allylic oxidation sites excluding steroid dienone is 1. The normalized spacial score (nSPS) is 37.4. The number of piperidine rings is 1. The third-order valence-corrected chi connectivity index (χ3v) is 9.13. The number of nitrogens with zero attached hydrogens (tertiary/aromatic N) is 1. The Morgan fingerprint density at radius 2 is 1.71 bits per heavy atom. The summed E-state index contributed by atoms with van der Waals surface area (Å²) in [6.45, 7) is 7.66. The molecule has 0 radical (unpaired) electrons. The second-order valence-electron chi connectivity index (χ2n) is 11.8. The van der Waals surface area contributed by atoms with Crippen LogP contribution < -0.4 is 0 Å². The molecule has 216 valence electrons. The molecule has 3 fully saturated rings. The van der Waals surface area contributed by atoms with E-state index < -0.39 is 47.4 Å². The lowest BCUT2D eigenvalue weighted by Gasteiger charge is -2.44. The summed E-state index contributed by atoms with van der Waals surface area (Å²) in [6.07, 6.45) is 5.49. The Balaban J connectivity index is 1.67. The highest BCUT2D eigenvalue weighted by Gasteiger charge is 2.52. The van der Waals surface area contributed by atoms with Crippen LogP contribution in [0.15, 0.2) is 11.6 Å². The molecule has 9 atom stereocenters. The first-order valence-electron chi connectivity index (χ1n) is 14.1. The molecule has 2 saturated carbocycles. The fourth-order valence-electron chi connectivity index (χ4n) is 6.38. The van der Waals surface area contributed by atoms with Crippen molar-refractivity contribution in [1.29, 1.82) is 0 Å². The molecule has 1 aliphatic heterocycles. The quantitative estimate of drug-likeness (QED) is 0.275. The molecule has 0 aromatic carbocycles. The third-order valence-electron chi connectivity index (χ3n) is 9.13. The minimum atomic E-state index is -1.78. The number of carbonyl (C=O) groups excluding carboxylic acids is 3. The van der Waals surface area contributed by atoms with Crippen molar-refractivity contribution in [2.45, 2.75) is 115 Å². The highest BCUT2D eigenvalue weighted by atomic mass is 16.5. The molecule has 0 spiro atoms. The maximum absolute atomic E-state index is 13.4. The average Bonchev–Trinajstić information content (AvgIpc) is 2.90. The lowest BCUT2D eigenvalue weighted by molar-refractivity contribution is -0.172. The van der Waals surface area contributed by atoms with Crippen molar-refractivity contribution < 1.29 is 38.8 Å². The van der Waals surface area contributed by atoms with Crippen molar-refractivity contribution >= 4 is 17.7 Å². The van der Waals surface area contributed by atoms with Gasteiger partial charge in [0.05, 0.1) is 18.3 Å². The fourth-order valence-corrected chi connectivity index (χ4v) is 6.38. The Morgan fingerprint density at radius 3 is 2.37 bits per heavy atom. The number of amides is 1. The van der Waals surface area contributed by atoms with Crippen LogP contribution in [0.25, 0.3) is 0 Å². The van der Waals surface area contributed by atoms with E-state index >= 15 is 0 Å². The maximum Gasteiger partial charge on any atom is 0.329 e. The van der Waals surface area contributed by atoms with Crippen LogP contribution in [0.1, 0.15) is 79.1 Å². The highest BCUT2D eigenvalue weighted by Crippen LogP contribution is 2.39. The van der Waals surface area contributed by atoms with Crippen LogP contribution in [0, 0.1) is 17.8 Å². The number of carbonyl (C=O) groups is 3. The first-order valence-corrected chi connectivity index (χ1v) is 14.1. The van der Waals surface area contributed by atoms with Gasteiger partial charge < -0.3 is 29.3 Å². The second kappa shape index (κ2) is 13.0. The molecular formula is C29H47NO8. The van der Waals surface area contributed by atoms with Crippen molar-refractivity contribution in [2.75, 3.05) is 20.8 Å². The molecule has 9 heteroatoms. The molecule has 1 saturated heterocycles. The van der Waals surface area contributed by atoms with Crippen molar-refractivity contribution in [3.8, 4) is 0 Å². The first kappa shape index (κ1) is 30.7. The van der Waals surface area contributed by atoms with Crippen LogP contribution in [0.3, 0.4) is 0 Å². The maximum atomic E-state index is 13.4. The summed E-state index contributed by atoms with van der Waals surface area (Å²) in [5.41, 5.74) is -0.885. The molecule has 1 amide bonds. The van der Waals surface area contributed by atoms with Crippen molar-refractivity contribution in [3.05, 3.63) is 11.6 Å². The SMILES string of the molecule is CO[C@H]1C[C@@H](C)[C@](O)(C(=O)C(=O)N2CCCC[C@H]2C(=O)OC(C)/C(C)=C/[C@@H]2CC[C@@H](O)[C@H](OC)C2)C[C@@H]1C. The van der Waals surface area contributed by atoms with Gasteiger partial charge >= 0.3 is 5.97 Å². The predicted octanol–water partition coefficient (Wildman–Crippen LogP) is 2.80. The molecule has 3 aliphatic rings. The summed E-state index contributed by atoms with van der Waals surface area (Å²) in [5.74, 6) is -2.49. The number of aliphatic hydroxyl groups is 2. The van der Waals surface area contributed by atoms with Crippen LogP contribution in [0.2, 0.25) is 0 Å². The lowest BCUT2D eigenvalue weighted by atomic mass is 9.68. The largest absolute Gasteiger partial charge is 0.457 e. The van der Waals surface area contributed by atoms with E-state index in [1.807, 2.05) is 13.8 Å². The molecule has 0 aromatic rings. The number of hydrogen-bond donors (Lipinski definition) is 2. The number of likely N-dealkylation sites (tertiary alicyclic amines) is 1. The molecule has 0 aromatic heterocycles. The zero-order valence-electron chi connectivity index (χ0n) is 23.9. The zero-order chi connectivity index (χ0) is 28.2. The van der Waals surface area contributed by atoms with Gasteiger partial charge in [-0.2, -0.15) is 0 Å². The molecule has 1 heterocycles. The standard InChI is InChI=1S/C29H47NO8/c1-17(13-21-10-11-23(31)25(15-21)37-6)20(4)38-28(34)22-9-7-8-12-30(22)27(33)26(32)29(35)16-18(2)24(36-5)14-19(29)3/h13,18-25,31,35H,7-12,14-16H2,1-6H3/b17-13+/t18-,19+,20?,21-,22-,23+,24-,25+,29-/m0/s1. The molecule has 38 heavy (non-hydrogen) atoms. The van der Waals surface area contributed by atoms with Crippen LogP contribution in [-0.2, 0) is 28.6 Å². The third kappa shape index (κ3) is 6.66. The van der Waals surface area contributed by atoms with E-state index in [1.54, 1.807) is 28.1 Å². The number of ether oxygens (including phenoxy) is 3. The van der Waals surface area contributed by atoms with Crippen LogP contribution in [-0.4, -0.2) is 89.6 Å². The molecular weight excluding hydrogens is 490 g/mol. The number of methoxy groups -OCH3 is 2. The summed E-state index contributed by atoms with van der Waals surface area (Å²) in [5, 5.41) is 21.4.